The SMILES string of the molecule is COc1ccccc1C1=N/C(=C\c2cccc(Oc3ccccc3)c2)C(=O)O1. The Morgan fingerprint density at radius 3 is 2.46 bits per heavy atom. The highest BCUT2D eigenvalue weighted by molar-refractivity contribution is 6.13. The van der Waals surface area contributed by atoms with E-state index in [9.17, 15) is 4.79 Å². The molecule has 1 heterocycles. The first-order valence-electron chi connectivity index (χ1n) is 8.72. The van der Waals surface area contributed by atoms with E-state index in [-0.39, 0.29) is 11.6 Å². The molecular weight excluding hydrogens is 354 g/mol. The third-order valence-electron chi connectivity index (χ3n) is 4.10. The van der Waals surface area contributed by atoms with Crippen LogP contribution in [0.4, 0.5) is 0 Å². The fourth-order valence-corrected chi connectivity index (χ4v) is 2.80. The monoisotopic (exact) mass is 371 g/mol. The smallest absolute Gasteiger partial charge is 0.363 e. The average molecular weight is 371 g/mol. The van der Waals surface area contributed by atoms with Gasteiger partial charge in [0.2, 0.25) is 5.90 Å². The molecule has 0 aliphatic carbocycles. The molecule has 0 bridgehead atoms. The predicted molar refractivity (Wildman–Crippen MR) is 107 cm³/mol. The molecule has 4 rings (SSSR count). The number of nitrogens with zero attached hydrogens (tertiary/aromatic N) is 1. The zero-order valence-electron chi connectivity index (χ0n) is 15.2. The molecule has 0 N–H and O–H groups in total. The molecule has 1 aliphatic heterocycles. The Kier molecular flexibility index (Phi) is 4.89. The first-order chi connectivity index (χ1) is 13.7. The number of methoxy groups -OCH3 is 1. The van der Waals surface area contributed by atoms with Crippen LogP contribution in [-0.2, 0) is 9.53 Å². The van der Waals surface area contributed by atoms with Gasteiger partial charge in [-0.05, 0) is 48.0 Å². The molecule has 3 aromatic carbocycles. The van der Waals surface area contributed by atoms with Crippen LogP contribution in [0.15, 0.2) is 89.6 Å². The van der Waals surface area contributed by atoms with E-state index in [1.165, 1.54) is 0 Å². The van der Waals surface area contributed by atoms with Gasteiger partial charge in [0.25, 0.3) is 0 Å². The molecule has 5 nitrogen and oxygen atoms in total. The Balaban J connectivity index is 1.61. The Labute approximate surface area is 162 Å². The standard InChI is InChI=1S/C23H17NO4/c1-26-21-13-6-5-12-19(21)22-24-20(23(25)28-22)15-16-8-7-11-18(14-16)27-17-9-3-2-4-10-17/h2-15H,1H3/b20-15-. The molecular formula is C23H17NO4. The van der Waals surface area contributed by atoms with E-state index < -0.39 is 5.97 Å². The van der Waals surface area contributed by atoms with Crippen molar-refractivity contribution in [2.75, 3.05) is 7.11 Å². The molecule has 138 valence electrons. The summed E-state index contributed by atoms with van der Waals surface area (Å²) in [7, 11) is 1.56. The van der Waals surface area contributed by atoms with Crippen molar-refractivity contribution in [2.24, 2.45) is 4.99 Å². The van der Waals surface area contributed by atoms with Gasteiger partial charge in [-0.15, -0.1) is 0 Å². The van der Waals surface area contributed by atoms with Gasteiger partial charge in [-0.2, -0.15) is 0 Å². The molecule has 0 saturated carbocycles. The molecule has 0 atom stereocenters. The van der Waals surface area contributed by atoms with Gasteiger partial charge in [0, 0.05) is 0 Å². The summed E-state index contributed by atoms with van der Waals surface area (Å²) >= 11 is 0. The average Bonchev–Trinajstić information content (AvgIpc) is 3.09. The number of carbonyl (C=O) groups is 1. The number of cyclic esters (lactones) is 1. The van der Waals surface area contributed by atoms with Crippen LogP contribution >= 0.6 is 0 Å². The van der Waals surface area contributed by atoms with Gasteiger partial charge in [0.1, 0.15) is 17.2 Å². The van der Waals surface area contributed by atoms with Gasteiger partial charge in [-0.3, -0.25) is 0 Å². The second kappa shape index (κ2) is 7.80. The summed E-state index contributed by atoms with van der Waals surface area (Å²) in [5.41, 5.74) is 1.63. The molecule has 0 amide bonds. The van der Waals surface area contributed by atoms with Crippen molar-refractivity contribution in [1.82, 2.24) is 0 Å². The lowest BCUT2D eigenvalue weighted by Crippen LogP contribution is -2.06. The van der Waals surface area contributed by atoms with Crippen LogP contribution in [0.1, 0.15) is 11.1 Å². The fourth-order valence-electron chi connectivity index (χ4n) is 2.80. The van der Waals surface area contributed by atoms with E-state index in [1.807, 2.05) is 66.7 Å². The fraction of sp³-hybridized carbons (Fsp3) is 0.0435. The molecule has 0 saturated heterocycles. The van der Waals surface area contributed by atoms with E-state index in [4.69, 9.17) is 14.2 Å². The number of benzene rings is 3. The number of para-hydroxylation sites is 2. The summed E-state index contributed by atoms with van der Waals surface area (Å²) in [6, 6.07) is 24.2. The lowest BCUT2D eigenvalue weighted by molar-refractivity contribution is -0.129. The van der Waals surface area contributed by atoms with Crippen LogP contribution in [0.2, 0.25) is 0 Å². The quantitative estimate of drug-likeness (QED) is 0.476. The van der Waals surface area contributed by atoms with Gasteiger partial charge < -0.3 is 14.2 Å². The zero-order valence-corrected chi connectivity index (χ0v) is 15.2. The van der Waals surface area contributed by atoms with Gasteiger partial charge in [0.15, 0.2) is 5.70 Å². The highest BCUT2D eigenvalue weighted by atomic mass is 16.6. The van der Waals surface area contributed by atoms with Crippen LogP contribution in [0.5, 0.6) is 17.2 Å². The highest BCUT2D eigenvalue weighted by Crippen LogP contribution is 2.26. The summed E-state index contributed by atoms with van der Waals surface area (Å²) in [6.45, 7) is 0. The topological polar surface area (TPSA) is 57.1 Å². The molecule has 0 fully saturated rings. The largest absolute Gasteiger partial charge is 0.496 e. The van der Waals surface area contributed by atoms with E-state index in [2.05, 4.69) is 4.99 Å². The second-order valence-electron chi connectivity index (χ2n) is 6.02. The summed E-state index contributed by atoms with van der Waals surface area (Å²) in [5, 5.41) is 0. The molecule has 0 spiro atoms. The molecule has 5 heteroatoms. The number of hydrogen-bond donors (Lipinski definition) is 0. The minimum absolute atomic E-state index is 0.220. The summed E-state index contributed by atoms with van der Waals surface area (Å²) in [5.74, 6) is 1.72. The van der Waals surface area contributed by atoms with Gasteiger partial charge in [-0.1, -0.05) is 42.5 Å². The number of ether oxygens (including phenoxy) is 3. The Hall–Kier alpha value is -3.86. The number of esters is 1. The van der Waals surface area contributed by atoms with E-state index >= 15 is 0 Å². The van der Waals surface area contributed by atoms with Crippen molar-refractivity contribution in [1.29, 1.82) is 0 Å². The van der Waals surface area contributed by atoms with Crippen LogP contribution in [0.25, 0.3) is 6.08 Å². The third-order valence-corrected chi connectivity index (χ3v) is 4.10. The van der Waals surface area contributed by atoms with Crippen LogP contribution in [-0.4, -0.2) is 19.0 Å². The number of aliphatic imine (C=N–C) groups is 1. The summed E-state index contributed by atoms with van der Waals surface area (Å²) in [4.78, 5) is 16.6. The van der Waals surface area contributed by atoms with E-state index in [0.717, 1.165) is 11.3 Å². The molecule has 0 unspecified atom stereocenters. The maximum atomic E-state index is 12.3. The minimum Gasteiger partial charge on any atom is -0.496 e. The van der Waals surface area contributed by atoms with Crippen molar-refractivity contribution in [3.05, 3.63) is 95.7 Å². The van der Waals surface area contributed by atoms with Crippen molar-refractivity contribution >= 4 is 17.9 Å². The normalized spacial score (nSPS) is 14.5. The van der Waals surface area contributed by atoms with Gasteiger partial charge in [-0.25, -0.2) is 9.79 Å². The third kappa shape index (κ3) is 3.78. The van der Waals surface area contributed by atoms with Crippen LogP contribution in [0, 0.1) is 0 Å². The molecule has 3 aromatic rings. The highest BCUT2D eigenvalue weighted by Gasteiger charge is 2.26. The molecule has 0 aromatic heterocycles. The first kappa shape index (κ1) is 17.5. The van der Waals surface area contributed by atoms with Crippen LogP contribution < -0.4 is 9.47 Å². The molecule has 1 aliphatic rings. The Bertz CT molecular complexity index is 1070. The number of hydrogen-bond acceptors (Lipinski definition) is 5. The minimum atomic E-state index is -0.504. The predicted octanol–water partition coefficient (Wildman–Crippen LogP) is 4.83. The van der Waals surface area contributed by atoms with Crippen molar-refractivity contribution < 1.29 is 19.0 Å². The number of carbonyl (C=O) groups excluding carboxylic acids is 1. The lowest BCUT2D eigenvalue weighted by atomic mass is 10.2. The van der Waals surface area contributed by atoms with Gasteiger partial charge >= 0.3 is 5.97 Å². The second-order valence-corrected chi connectivity index (χ2v) is 6.02. The first-order valence-corrected chi connectivity index (χ1v) is 8.72. The molecule has 28 heavy (non-hydrogen) atoms. The molecule has 0 radical (unpaired) electrons. The van der Waals surface area contributed by atoms with E-state index in [1.54, 1.807) is 25.3 Å². The van der Waals surface area contributed by atoms with Crippen LogP contribution in [0.3, 0.4) is 0 Å². The zero-order chi connectivity index (χ0) is 19.3. The van der Waals surface area contributed by atoms with Crippen molar-refractivity contribution in [3.63, 3.8) is 0 Å². The lowest BCUT2D eigenvalue weighted by Gasteiger charge is -2.05. The maximum absolute atomic E-state index is 12.3. The van der Waals surface area contributed by atoms with E-state index in [0.29, 0.717) is 17.1 Å². The summed E-state index contributed by atoms with van der Waals surface area (Å²) < 4.78 is 16.5. The number of rotatable bonds is 5. The Morgan fingerprint density at radius 1 is 0.893 bits per heavy atom. The van der Waals surface area contributed by atoms with Gasteiger partial charge in [0.05, 0.1) is 12.7 Å². The van der Waals surface area contributed by atoms with Crippen molar-refractivity contribution in [2.45, 2.75) is 0 Å². The summed E-state index contributed by atoms with van der Waals surface area (Å²) in [6.07, 6.45) is 1.67. The van der Waals surface area contributed by atoms with Crippen molar-refractivity contribution in [3.8, 4) is 17.2 Å². The maximum Gasteiger partial charge on any atom is 0.363 e. The Morgan fingerprint density at radius 2 is 1.64 bits per heavy atom.